The molecule has 0 fully saturated rings. The van der Waals surface area contributed by atoms with Crippen molar-refractivity contribution >= 4 is 73.1 Å². The van der Waals surface area contributed by atoms with Crippen molar-refractivity contribution in [2.24, 2.45) is 0 Å². The van der Waals surface area contributed by atoms with Crippen LogP contribution < -0.4 is 4.90 Å². The SMILES string of the molecule is CCN(c1cccc(Br)c1)c1nc(Cl)nc2cc(Cl)c(Cl)cc12. The zero-order chi connectivity index (χ0) is 16.6. The van der Waals surface area contributed by atoms with Crippen LogP contribution in [-0.2, 0) is 0 Å². The Morgan fingerprint density at radius 3 is 2.48 bits per heavy atom. The number of hydrogen-bond donors (Lipinski definition) is 0. The second-order valence-corrected chi connectivity index (χ2v) is 6.89. The highest BCUT2D eigenvalue weighted by atomic mass is 79.9. The molecule has 0 unspecified atom stereocenters. The van der Waals surface area contributed by atoms with E-state index in [1.807, 2.05) is 36.1 Å². The van der Waals surface area contributed by atoms with Gasteiger partial charge in [0.15, 0.2) is 0 Å². The van der Waals surface area contributed by atoms with Crippen molar-refractivity contribution in [2.75, 3.05) is 11.4 Å². The van der Waals surface area contributed by atoms with Crippen molar-refractivity contribution in [3.8, 4) is 0 Å². The van der Waals surface area contributed by atoms with Crippen molar-refractivity contribution in [1.29, 1.82) is 0 Å². The Morgan fingerprint density at radius 2 is 1.78 bits per heavy atom. The summed E-state index contributed by atoms with van der Waals surface area (Å²) in [6.07, 6.45) is 0. The minimum atomic E-state index is 0.166. The normalized spacial score (nSPS) is 11.0. The number of hydrogen-bond acceptors (Lipinski definition) is 3. The van der Waals surface area contributed by atoms with E-state index >= 15 is 0 Å². The molecule has 0 N–H and O–H groups in total. The van der Waals surface area contributed by atoms with Crippen LogP contribution >= 0.6 is 50.7 Å². The van der Waals surface area contributed by atoms with Crippen molar-refractivity contribution in [3.05, 3.63) is 56.2 Å². The van der Waals surface area contributed by atoms with Gasteiger partial charge < -0.3 is 4.90 Å². The molecule has 1 aromatic heterocycles. The largest absolute Gasteiger partial charge is 0.326 e. The van der Waals surface area contributed by atoms with Crippen LogP contribution in [0.3, 0.4) is 0 Å². The van der Waals surface area contributed by atoms with Crippen molar-refractivity contribution in [3.63, 3.8) is 0 Å². The van der Waals surface area contributed by atoms with Gasteiger partial charge in [-0.25, -0.2) is 4.98 Å². The second kappa shape index (κ2) is 6.81. The van der Waals surface area contributed by atoms with Gasteiger partial charge in [0.1, 0.15) is 5.82 Å². The van der Waals surface area contributed by atoms with Crippen LogP contribution in [0, 0.1) is 0 Å². The number of aromatic nitrogens is 2. The molecule has 0 aliphatic carbocycles. The fourth-order valence-electron chi connectivity index (χ4n) is 2.38. The number of nitrogens with zero attached hydrogens (tertiary/aromatic N) is 3. The van der Waals surface area contributed by atoms with Crippen molar-refractivity contribution in [2.45, 2.75) is 6.92 Å². The molecule has 3 rings (SSSR count). The molecule has 0 radical (unpaired) electrons. The minimum absolute atomic E-state index is 0.166. The standard InChI is InChI=1S/C16H11BrCl3N3/c1-2-23(10-5-3-4-9(17)6-10)15-11-7-12(18)13(19)8-14(11)21-16(20)22-15/h3-8H,2H2,1H3. The number of halogens is 4. The fourth-order valence-corrected chi connectivity index (χ4v) is 3.26. The third kappa shape index (κ3) is 3.41. The van der Waals surface area contributed by atoms with E-state index < -0.39 is 0 Å². The molecule has 0 bridgehead atoms. The fraction of sp³-hybridized carbons (Fsp3) is 0.125. The molecule has 0 amide bonds. The summed E-state index contributed by atoms with van der Waals surface area (Å²) in [5.41, 5.74) is 1.65. The molecule has 1 heterocycles. The maximum absolute atomic E-state index is 6.17. The van der Waals surface area contributed by atoms with Crippen LogP contribution in [0.1, 0.15) is 6.92 Å². The van der Waals surface area contributed by atoms with Gasteiger partial charge in [0, 0.05) is 22.1 Å². The molecule has 23 heavy (non-hydrogen) atoms. The number of benzene rings is 2. The van der Waals surface area contributed by atoms with Crippen LogP contribution in [0.2, 0.25) is 15.3 Å². The first-order valence-corrected chi connectivity index (χ1v) is 8.77. The predicted octanol–water partition coefficient (Wildman–Crippen LogP) is 6.51. The smallest absolute Gasteiger partial charge is 0.224 e. The van der Waals surface area contributed by atoms with Gasteiger partial charge in [-0.05, 0) is 48.9 Å². The molecular weight excluding hydrogens is 420 g/mol. The summed E-state index contributed by atoms with van der Waals surface area (Å²) < 4.78 is 0.985. The topological polar surface area (TPSA) is 29.0 Å². The van der Waals surface area contributed by atoms with E-state index in [9.17, 15) is 0 Å². The van der Waals surface area contributed by atoms with Gasteiger partial charge in [0.2, 0.25) is 5.28 Å². The Kier molecular flexibility index (Phi) is 4.97. The third-order valence-corrected chi connectivity index (χ3v) is 4.77. The van der Waals surface area contributed by atoms with Gasteiger partial charge >= 0.3 is 0 Å². The molecule has 0 saturated carbocycles. The van der Waals surface area contributed by atoms with Crippen molar-refractivity contribution < 1.29 is 0 Å². The van der Waals surface area contributed by atoms with Gasteiger partial charge in [0.05, 0.1) is 15.6 Å². The minimum Gasteiger partial charge on any atom is -0.326 e. The van der Waals surface area contributed by atoms with Crippen LogP contribution in [0.5, 0.6) is 0 Å². The zero-order valence-corrected chi connectivity index (χ0v) is 15.9. The average molecular weight is 432 g/mol. The number of rotatable bonds is 3. The maximum atomic E-state index is 6.17. The summed E-state index contributed by atoms with van der Waals surface area (Å²) in [6, 6.07) is 11.4. The molecule has 0 atom stereocenters. The van der Waals surface area contributed by atoms with Crippen LogP contribution in [0.25, 0.3) is 10.9 Å². The van der Waals surface area contributed by atoms with E-state index in [1.165, 1.54) is 0 Å². The lowest BCUT2D eigenvalue weighted by Crippen LogP contribution is -2.18. The lowest BCUT2D eigenvalue weighted by molar-refractivity contribution is 0.989. The quantitative estimate of drug-likeness (QED) is 0.443. The highest BCUT2D eigenvalue weighted by Gasteiger charge is 2.16. The van der Waals surface area contributed by atoms with Gasteiger partial charge in [-0.15, -0.1) is 0 Å². The van der Waals surface area contributed by atoms with E-state index in [4.69, 9.17) is 34.8 Å². The zero-order valence-electron chi connectivity index (χ0n) is 12.0. The van der Waals surface area contributed by atoms with E-state index in [2.05, 4.69) is 25.9 Å². The lowest BCUT2D eigenvalue weighted by Gasteiger charge is -2.24. The Balaban J connectivity index is 2.26. The van der Waals surface area contributed by atoms with Gasteiger partial charge in [-0.2, -0.15) is 4.98 Å². The Hall–Kier alpha value is -1.07. The highest BCUT2D eigenvalue weighted by molar-refractivity contribution is 9.10. The number of anilines is 2. The number of fused-ring (bicyclic) bond motifs is 1. The van der Waals surface area contributed by atoms with Gasteiger partial charge in [-0.1, -0.05) is 45.2 Å². The summed E-state index contributed by atoms with van der Waals surface area (Å²) in [7, 11) is 0. The summed E-state index contributed by atoms with van der Waals surface area (Å²) in [5, 5.41) is 1.85. The predicted molar refractivity (Wildman–Crippen MR) is 101 cm³/mol. The van der Waals surface area contributed by atoms with Gasteiger partial charge in [0.25, 0.3) is 0 Å². The molecular formula is C16H11BrCl3N3. The summed E-state index contributed by atoms with van der Waals surface area (Å²) in [5.74, 6) is 0.694. The van der Waals surface area contributed by atoms with Gasteiger partial charge in [-0.3, -0.25) is 0 Å². The van der Waals surface area contributed by atoms with Crippen LogP contribution in [0.15, 0.2) is 40.9 Å². The summed E-state index contributed by atoms with van der Waals surface area (Å²) in [4.78, 5) is 10.7. The van der Waals surface area contributed by atoms with E-state index in [0.29, 0.717) is 27.9 Å². The van der Waals surface area contributed by atoms with E-state index in [1.54, 1.807) is 12.1 Å². The first-order chi connectivity index (χ1) is 11.0. The molecule has 0 aliphatic rings. The molecule has 3 aromatic rings. The van der Waals surface area contributed by atoms with E-state index in [-0.39, 0.29) is 5.28 Å². The molecule has 0 saturated heterocycles. The lowest BCUT2D eigenvalue weighted by atomic mass is 10.2. The van der Waals surface area contributed by atoms with E-state index in [0.717, 1.165) is 15.5 Å². The average Bonchev–Trinajstić information content (AvgIpc) is 2.50. The summed E-state index contributed by atoms with van der Waals surface area (Å²) >= 11 is 21.9. The molecule has 2 aromatic carbocycles. The molecule has 118 valence electrons. The second-order valence-electron chi connectivity index (χ2n) is 4.82. The van der Waals surface area contributed by atoms with Crippen LogP contribution in [-0.4, -0.2) is 16.5 Å². The molecule has 7 heteroatoms. The van der Waals surface area contributed by atoms with Crippen molar-refractivity contribution in [1.82, 2.24) is 9.97 Å². The van der Waals surface area contributed by atoms with Crippen LogP contribution in [0.4, 0.5) is 11.5 Å². The monoisotopic (exact) mass is 429 g/mol. The summed E-state index contributed by atoms with van der Waals surface area (Å²) in [6.45, 7) is 2.75. The molecule has 3 nitrogen and oxygen atoms in total. The first-order valence-electron chi connectivity index (χ1n) is 6.85. The molecule has 0 spiro atoms. The maximum Gasteiger partial charge on any atom is 0.224 e. The molecule has 0 aliphatic heterocycles. The third-order valence-electron chi connectivity index (χ3n) is 3.38. The Bertz CT molecular complexity index is 886. The Labute approximate surface area is 157 Å². The highest BCUT2D eigenvalue weighted by Crippen LogP contribution is 2.35. The Morgan fingerprint density at radius 1 is 1.04 bits per heavy atom. The first kappa shape index (κ1) is 16.8.